The van der Waals surface area contributed by atoms with Crippen molar-refractivity contribution in [1.29, 1.82) is 0 Å². The van der Waals surface area contributed by atoms with Crippen LogP contribution in [0.1, 0.15) is 17.3 Å². The first-order valence-electron chi connectivity index (χ1n) is 10.3. The number of carbonyl (C=O) groups excluding carboxylic acids is 2. The van der Waals surface area contributed by atoms with E-state index in [1.165, 1.54) is 23.1 Å². The van der Waals surface area contributed by atoms with Crippen LogP contribution in [0.3, 0.4) is 0 Å². The van der Waals surface area contributed by atoms with Crippen LogP contribution in [0.4, 0.5) is 5.00 Å². The number of benzene rings is 2. The molecule has 0 bridgehead atoms. The monoisotopic (exact) mass is 493 g/mol. The number of hydrogen-bond donors (Lipinski definition) is 2. The molecule has 2 aromatic heterocycles. The van der Waals surface area contributed by atoms with E-state index in [4.69, 9.17) is 15.2 Å². The lowest BCUT2D eigenvalue weighted by Gasteiger charge is -2.14. The molecule has 0 saturated carbocycles. The minimum absolute atomic E-state index is 0.180. The number of carbonyl (C=O) groups is 2. The van der Waals surface area contributed by atoms with Crippen LogP contribution < -0.4 is 20.5 Å². The zero-order valence-corrected chi connectivity index (χ0v) is 19.6. The molecule has 0 saturated heterocycles. The Morgan fingerprint density at radius 3 is 2.71 bits per heavy atom. The molecule has 0 aliphatic carbocycles. The van der Waals surface area contributed by atoms with Gasteiger partial charge in [-0.2, -0.15) is 0 Å². The number of primary amides is 1. The summed E-state index contributed by atoms with van der Waals surface area (Å²) in [5.41, 5.74) is 7.32. The summed E-state index contributed by atoms with van der Waals surface area (Å²) in [4.78, 5) is 24.4. The summed E-state index contributed by atoms with van der Waals surface area (Å²) in [5.74, 6) is 1.06. The highest BCUT2D eigenvalue weighted by molar-refractivity contribution is 8.00. The Morgan fingerprint density at radius 1 is 1.12 bits per heavy atom. The molecule has 1 atom stereocenters. The normalized spacial score (nSPS) is 13.0. The number of aromatic nitrogens is 3. The number of rotatable bonds is 7. The van der Waals surface area contributed by atoms with E-state index >= 15 is 0 Å². The van der Waals surface area contributed by atoms with Gasteiger partial charge >= 0.3 is 0 Å². The van der Waals surface area contributed by atoms with Gasteiger partial charge in [0.05, 0.1) is 10.8 Å². The van der Waals surface area contributed by atoms with E-state index in [1.807, 2.05) is 53.1 Å². The minimum Gasteiger partial charge on any atom is -0.454 e. The SMILES string of the molecule is C[C@@H](Sc1nnc(-c2ccc3c(c2)OCO3)n1-c1ccccc1)C(=O)Nc1sccc1C(N)=O. The van der Waals surface area contributed by atoms with E-state index in [0.29, 0.717) is 27.5 Å². The molecule has 5 rings (SSSR count). The van der Waals surface area contributed by atoms with Crippen LogP contribution in [0.2, 0.25) is 0 Å². The number of para-hydroxylation sites is 1. The molecule has 3 N–H and O–H groups in total. The predicted molar refractivity (Wildman–Crippen MR) is 130 cm³/mol. The molecule has 0 unspecified atom stereocenters. The number of thiophene rings is 1. The molecule has 4 aromatic rings. The van der Waals surface area contributed by atoms with Crippen molar-refractivity contribution in [2.24, 2.45) is 5.73 Å². The fourth-order valence-electron chi connectivity index (χ4n) is 3.40. The summed E-state index contributed by atoms with van der Waals surface area (Å²) in [5, 5.41) is 13.7. The Morgan fingerprint density at radius 2 is 1.91 bits per heavy atom. The minimum atomic E-state index is -0.589. The van der Waals surface area contributed by atoms with E-state index in [-0.39, 0.29) is 18.3 Å². The van der Waals surface area contributed by atoms with Gasteiger partial charge in [-0.3, -0.25) is 14.2 Å². The Balaban J connectivity index is 1.45. The third-order valence-electron chi connectivity index (χ3n) is 5.10. The van der Waals surface area contributed by atoms with Crippen LogP contribution >= 0.6 is 23.1 Å². The topological polar surface area (TPSA) is 121 Å². The van der Waals surface area contributed by atoms with E-state index in [2.05, 4.69) is 15.5 Å². The lowest BCUT2D eigenvalue weighted by molar-refractivity contribution is -0.115. The lowest BCUT2D eigenvalue weighted by Crippen LogP contribution is -2.24. The van der Waals surface area contributed by atoms with Crippen molar-refractivity contribution in [1.82, 2.24) is 14.8 Å². The summed E-state index contributed by atoms with van der Waals surface area (Å²) < 4.78 is 12.8. The van der Waals surface area contributed by atoms with Gasteiger partial charge in [-0.15, -0.1) is 21.5 Å². The van der Waals surface area contributed by atoms with E-state index in [9.17, 15) is 9.59 Å². The van der Waals surface area contributed by atoms with E-state index < -0.39 is 11.2 Å². The molecule has 2 amide bonds. The van der Waals surface area contributed by atoms with Crippen molar-refractivity contribution in [3.8, 4) is 28.6 Å². The highest BCUT2D eigenvalue weighted by Gasteiger charge is 2.24. The maximum atomic E-state index is 12.9. The Bertz CT molecular complexity index is 1370. The molecule has 3 heterocycles. The van der Waals surface area contributed by atoms with Crippen molar-refractivity contribution in [2.75, 3.05) is 12.1 Å². The third-order valence-corrected chi connectivity index (χ3v) is 6.97. The van der Waals surface area contributed by atoms with E-state index in [0.717, 1.165) is 11.3 Å². The van der Waals surface area contributed by atoms with Crippen LogP contribution in [0, 0.1) is 0 Å². The molecule has 1 aliphatic heterocycles. The number of hydrogen-bond acceptors (Lipinski definition) is 8. The van der Waals surface area contributed by atoms with Crippen molar-refractivity contribution >= 4 is 39.9 Å². The van der Waals surface area contributed by atoms with Crippen molar-refractivity contribution in [2.45, 2.75) is 17.3 Å². The molecule has 9 nitrogen and oxygen atoms in total. The second-order valence-corrected chi connectivity index (χ2v) is 9.55. The highest BCUT2D eigenvalue weighted by atomic mass is 32.2. The van der Waals surface area contributed by atoms with Gasteiger partial charge in [-0.05, 0) is 48.7 Å². The number of amides is 2. The van der Waals surface area contributed by atoms with Crippen LogP contribution in [-0.4, -0.2) is 38.6 Å². The second-order valence-electron chi connectivity index (χ2n) is 7.32. The second kappa shape index (κ2) is 9.20. The fourth-order valence-corrected chi connectivity index (χ4v) is 5.07. The summed E-state index contributed by atoms with van der Waals surface area (Å²) in [6.45, 7) is 1.95. The lowest BCUT2D eigenvalue weighted by atomic mass is 10.2. The van der Waals surface area contributed by atoms with E-state index in [1.54, 1.807) is 18.4 Å². The molecule has 34 heavy (non-hydrogen) atoms. The fraction of sp³-hybridized carbons (Fsp3) is 0.130. The van der Waals surface area contributed by atoms with Crippen LogP contribution in [0.25, 0.3) is 17.1 Å². The highest BCUT2D eigenvalue weighted by Crippen LogP contribution is 2.37. The molecule has 0 fully saturated rings. The summed E-state index contributed by atoms with van der Waals surface area (Å²) in [7, 11) is 0. The number of thioether (sulfide) groups is 1. The average molecular weight is 494 g/mol. The smallest absolute Gasteiger partial charge is 0.251 e. The first kappa shape index (κ1) is 22.0. The van der Waals surface area contributed by atoms with Crippen molar-refractivity contribution in [3.63, 3.8) is 0 Å². The molecule has 0 radical (unpaired) electrons. The molecule has 172 valence electrons. The quantitative estimate of drug-likeness (QED) is 0.374. The number of fused-ring (bicyclic) bond motifs is 1. The first-order valence-corrected chi connectivity index (χ1v) is 12.0. The van der Waals surface area contributed by atoms with Gasteiger partial charge in [-0.1, -0.05) is 30.0 Å². The first-order chi connectivity index (χ1) is 16.5. The zero-order chi connectivity index (χ0) is 23.7. The summed E-state index contributed by atoms with van der Waals surface area (Å²) in [6, 6.07) is 16.8. The zero-order valence-electron chi connectivity index (χ0n) is 17.9. The van der Waals surface area contributed by atoms with Gasteiger partial charge in [0, 0.05) is 11.3 Å². The van der Waals surface area contributed by atoms with Crippen molar-refractivity contribution < 1.29 is 19.1 Å². The van der Waals surface area contributed by atoms with Gasteiger partial charge in [0.25, 0.3) is 5.91 Å². The number of nitrogens with zero attached hydrogens (tertiary/aromatic N) is 3. The Labute approximate surface area is 202 Å². The Hall–Kier alpha value is -3.83. The van der Waals surface area contributed by atoms with Crippen molar-refractivity contribution in [3.05, 3.63) is 65.5 Å². The number of nitrogens with two attached hydrogens (primary N) is 1. The van der Waals surface area contributed by atoms with Gasteiger partial charge in [0.2, 0.25) is 12.7 Å². The predicted octanol–water partition coefficient (Wildman–Crippen LogP) is 3.94. The van der Waals surface area contributed by atoms with Gasteiger partial charge in [-0.25, -0.2) is 0 Å². The maximum absolute atomic E-state index is 12.9. The molecular weight excluding hydrogens is 474 g/mol. The molecule has 11 heteroatoms. The molecule has 1 aliphatic rings. The van der Waals surface area contributed by atoms with Gasteiger partial charge < -0.3 is 20.5 Å². The molecule has 0 spiro atoms. The Kier molecular flexibility index (Phi) is 5.95. The third kappa shape index (κ3) is 4.22. The van der Waals surface area contributed by atoms with Gasteiger partial charge in [0.15, 0.2) is 22.5 Å². The summed E-state index contributed by atoms with van der Waals surface area (Å²) >= 11 is 2.50. The van der Waals surface area contributed by atoms with Gasteiger partial charge in [0.1, 0.15) is 5.00 Å². The summed E-state index contributed by atoms with van der Waals surface area (Å²) in [6.07, 6.45) is 0. The standard InChI is InChI=1S/C23H19N5O4S2/c1-13(21(30)25-22-16(19(24)29)9-10-33-22)34-23-27-26-20(28(23)15-5-3-2-4-6-15)14-7-8-17-18(11-14)32-12-31-17/h2-11,13H,12H2,1H3,(H2,24,29)(H,25,30)/t13-/m1/s1. The van der Waals surface area contributed by atoms with Crippen LogP contribution in [-0.2, 0) is 4.79 Å². The molecule has 2 aromatic carbocycles. The van der Waals surface area contributed by atoms with Crippen LogP contribution in [0.5, 0.6) is 11.5 Å². The maximum Gasteiger partial charge on any atom is 0.251 e. The average Bonchev–Trinajstić information content (AvgIpc) is 3.58. The number of anilines is 1. The molecular formula is C23H19N5O4S2. The number of ether oxygens (including phenoxy) is 2. The largest absolute Gasteiger partial charge is 0.454 e. The number of nitrogens with one attached hydrogen (secondary N) is 1. The van der Waals surface area contributed by atoms with Crippen LogP contribution in [0.15, 0.2) is 65.1 Å².